The zero-order valence-electron chi connectivity index (χ0n) is 10.3. The number of benzene rings is 1. The maximum absolute atomic E-state index is 12.7. The summed E-state index contributed by atoms with van der Waals surface area (Å²) in [6, 6.07) is 3.02. The Labute approximate surface area is 106 Å². The van der Waals surface area contributed by atoms with Crippen LogP contribution in [0.5, 0.6) is 0 Å². The number of halogens is 3. The van der Waals surface area contributed by atoms with Crippen LogP contribution < -0.4 is 11.4 Å². The van der Waals surface area contributed by atoms with E-state index in [1.54, 1.807) is 0 Å². The number of nitrogen functional groups attached to an aromatic ring is 1. The van der Waals surface area contributed by atoms with Gasteiger partial charge in [0.2, 0.25) is 0 Å². The third-order valence-corrected chi connectivity index (χ3v) is 2.82. The molecule has 0 spiro atoms. The van der Waals surface area contributed by atoms with Gasteiger partial charge in [0.15, 0.2) is 0 Å². The number of rotatable bonds is 1. The zero-order valence-corrected chi connectivity index (χ0v) is 10.3. The number of hydrogen-bond acceptors (Lipinski definition) is 3. The number of alkyl halides is 3. The lowest BCUT2D eigenvalue weighted by atomic mass is 10.0. The molecule has 7 heteroatoms. The molecule has 0 aliphatic heterocycles. The summed E-state index contributed by atoms with van der Waals surface area (Å²) in [5, 5.41) is 4.22. The highest BCUT2D eigenvalue weighted by Crippen LogP contribution is 2.31. The molecule has 0 amide bonds. The summed E-state index contributed by atoms with van der Waals surface area (Å²) in [6.45, 7) is 3.65. The van der Waals surface area contributed by atoms with Crippen molar-refractivity contribution in [3.05, 3.63) is 39.8 Å². The monoisotopic (exact) mass is 271 g/mol. The van der Waals surface area contributed by atoms with E-state index in [1.165, 1.54) is 6.07 Å². The summed E-state index contributed by atoms with van der Waals surface area (Å²) >= 11 is 0. The number of fused-ring (bicyclic) bond motifs is 1. The summed E-state index contributed by atoms with van der Waals surface area (Å²) < 4.78 is 38.0. The summed E-state index contributed by atoms with van der Waals surface area (Å²) in [5.41, 5.74) is -1.13. The van der Waals surface area contributed by atoms with Crippen LogP contribution in [0.25, 0.3) is 10.8 Å². The molecule has 0 fully saturated rings. The molecule has 0 aliphatic rings. The van der Waals surface area contributed by atoms with Gasteiger partial charge in [-0.15, -0.1) is 4.79 Å². The molecular weight excluding hydrogens is 259 g/mol. The van der Waals surface area contributed by atoms with Crippen LogP contribution in [0.3, 0.4) is 0 Å². The third kappa shape index (κ3) is 2.27. The minimum Gasteiger partial charge on any atom is -0.320 e. The molecule has 2 rings (SSSR count). The van der Waals surface area contributed by atoms with Crippen LogP contribution in [0.15, 0.2) is 23.0 Å². The van der Waals surface area contributed by atoms with Crippen LogP contribution in [-0.2, 0) is 6.18 Å². The first kappa shape index (κ1) is 13.4. The molecular formula is C12H12F3N3O. The lowest BCUT2D eigenvalue weighted by Crippen LogP contribution is -2.31. The van der Waals surface area contributed by atoms with Gasteiger partial charge in [-0.1, -0.05) is 19.9 Å². The molecule has 102 valence electrons. The maximum atomic E-state index is 12.7. The van der Waals surface area contributed by atoms with Crippen molar-refractivity contribution >= 4 is 10.8 Å². The van der Waals surface area contributed by atoms with Crippen LogP contribution in [0.4, 0.5) is 13.2 Å². The van der Waals surface area contributed by atoms with Crippen molar-refractivity contribution < 1.29 is 13.2 Å². The lowest BCUT2D eigenvalue weighted by Gasteiger charge is -2.12. The first-order chi connectivity index (χ1) is 8.71. The smallest absolute Gasteiger partial charge is 0.320 e. The fourth-order valence-electron chi connectivity index (χ4n) is 1.89. The molecule has 4 nitrogen and oxygen atoms in total. The van der Waals surface area contributed by atoms with E-state index in [9.17, 15) is 18.0 Å². The summed E-state index contributed by atoms with van der Waals surface area (Å²) in [6.07, 6.45) is -4.50. The average molecular weight is 271 g/mol. The Bertz CT molecular complexity index is 689. The van der Waals surface area contributed by atoms with Gasteiger partial charge in [0.05, 0.1) is 16.6 Å². The van der Waals surface area contributed by atoms with Crippen LogP contribution >= 0.6 is 0 Å². The van der Waals surface area contributed by atoms with E-state index in [4.69, 9.17) is 5.84 Å². The second-order valence-corrected chi connectivity index (χ2v) is 4.55. The van der Waals surface area contributed by atoms with Gasteiger partial charge in [0, 0.05) is 5.39 Å². The normalized spacial score (nSPS) is 12.3. The van der Waals surface area contributed by atoms with Gasteiger partial charge < -0.3 is 5.84 Å². The molecule has 19 heavy (non-hydrogen) atoms. The van der Waals surface area contributed by atoms with Crippen LogP contribution in [-0.4, -0.2) is 9.89 Å². The number of aromatic nitrogens is 2. The predicted molar refractivity (Wildman–Crippen MR) is 65.2 cm³/mol. The first-order valence-corrected chi connectivity index (χ1v) is 5.61. The van der Waals surface area contributed by atoms with Gasteiger partial charge >= 0.3 is 6.18 Å². The molecule has 1 aromatic heterocycles. The van der Waals surface area contributed by atoms with E-state index in [0.717, 1.165) is 12.1 Å². The topological polar surface area (TPSA) is 60.9 Å². The van der Waals surface area contributed by atoms with Crippen LogP contribution in [0, 0.1) is 0 Å². The molecule has 0 atom stereocenters. The summed E-state index contributed by atoms with van der Waals surface area (Å²) in [7, 11) is 0. The Morgan fingerprint density at radius 3 is 2.42 bits per heavy atom. The van der Waals surface area contributed by atoms with Gasteiger partial charge in [-0.2, -0.15) is 18.3 Å². The zero-order chi connectivity index (χ0) is 14.4. The third-order valence-electron chi connectivity index (χ3n) is 2.82. The summed E-state index contributed by atoms with van der Waals surface area (Å²) in [5.74, 6) is 5.33. The minimum atomic E-state index is -4.50. The fraction of sp³-hybridized carbons (Fsp3) is 0.333. The molecule has 1 heterocycles. The van der Waals surface area contributed by atoms with Gasteiger partial charge in [-0.25, -0.2) is 0 Å². The first-order valence-electron chi connectivity index (χ1n) is 5.61. The van der Waals surface area contributed by atoms with Gasteiger partial charge in [-0.05, 0) is 18.1 Å². The second kappa shape index (κ2) is 4.25. The molecule has 0 radical (unpaired) electrons. The van der Waals surface area contributed by atoms with Crippen molar-refractivity contribution in [1.29, 1.82) is 0 Å². The van der Waals surface area contributed by atoms with E-state index in [2.05, 4.69) is 5.10 Å². The maximum Gasteiger partial charge on any atom is 0.416 e. The quantitative estimate of drug-likeness (QED) is 0.809. The Morgan fingerprint density at radius 1 is 1.26 bits per heavy atom. The van der Waals surface area contributed by atoms with E-state index >= 15 is 0 Å². The standard InChI is InChI=1S/C12H12F3N3O/c1-6(2)10-8-4-3-7(12(13,14)15)5-9(8)11(19)18(16)17-10/h3-6H,16H2,1-2H3. The van der Waals surface area contributed by atoms with Crippen molar-refractivity contribution in [2.24, 2.45) is 0 Å². The van der Waals surface area contributed by atoms with Gasteiger partial charge in [0.1, 0.15) is 0 Å². The molecule has 0 unspecified atom stereocenters. The van der Waals surface area contributed by atoms with Gasteiger partial charge in [-0.3, -0.25) is 4.79 Å². The molecule has 0 saturated heterocycles. The fourth-order valence-corrected chi connectivity index (χ4v) is 1.89. The number of nitrogens with zero attached hydrogens (tertiary/aromatic N) is 2. The van der Waals surface area contributed by atoms with Crippen LogP contribution in [0.2, 0.25) is 0 Å². The SMILES string of the molecule is CC(C)c1nn(N)c(=O)c2cc(C(F)(F)F)ccc12. The highest BCUT2D eigenvalue weighted by atomic mass is 19.4. The van der Waals surface area contributed by atoms with E-state index in [1.807, 2.05) is 13.8 Å². The van der Waals surface area contributed by atoms with E-state index in [0.29, 0.717) is 15.9 Å². The Hall–Kier alpha value is -2.05. The summed E-state index contributed by atoms with van der Waals surface area (Å²) in [4.78, 5) is 12.4. The Morgan fingerprint density at radius 2 is 1.89 bits per heavy atom. The van der Waals surface area contributed by atoms with Crippen molar-refractivity contribution in [3.63, 3.8) is 0 Å². The minimum absolute atomic E-state index is 0.0605. The van der Waals surface area contributed by atoms with Crippen molar-refractivity contribution in [1.82, 2.24) is 9.89 Å². The van der Waals surface area contributed by atoms with Crippen molar-refractivity contribution in [3.8, 4) is 0 Å². The lowest BCUT2D eigenvalue weighted by molar-refractivity contribution is -0.137. The van der Waals surface area contributed by atoms with Gasteiger partial charge in [0.25, 0.3) is 5.56 Å². The number of nitrogens with two attached hydrogens (primary N) is 1. The Kier molecular flexibility index (Phi) is 3.00. The average Bonchev–Trinajstić information content (AvgIpc) is 2.31. The molecule has 0 aliphatic carbocycles. The second-order valence-electron chi connectivity index (χ2n) is 4.55. The van der Waals surface area contributed by atoms with Crippen molar-refractivity contribution in [2.75, 3.05) is 5.84 Å². The van der Waals surface area contributed by atoms with E-state index in [-0.39, 0.29) is 11.3 Å². The molecule has 2 N–H and O–H groups in total. The largest absolute Gasteiger partial charge is 0.416 e. The molecule has 1 aromatic carbocycles. The van der Waals surface area contributed by atoms with E-state index < -0.39 is 17.3 Å². The molecule has 0 bridgehead atoms. The highest BCUT2D eigenvalue weighted by molar-refractivity contribution is 5.84. The van der Waals surface area contributed by atoms with Crippen LogP contribution in [0.1, 0.15) is 31.0 Å². The molecule has 2 aromatic rings. The predicted octanol–water partition coefficient (Wildman–Crippen LogP) is 2.25. The highest BCUT2D eigenvalue weighted by Gasteiger charge is 2.31. The Balaban J connectivity index is 2.86. The number of hydrogen-bond donors (Lipinski definition) is 1. The molecule has 0 saturated carbocycles. The van der Waals surface area contributed by atoms with Crippen molar-refractivity contribution in [2.45, 2.75) is 25.9 Å².